The number of hydrogen-bond acceptors (Lipinski definition) is 1. The first kappa shape index (κ1) is 37.7. The Balaban J connectivity index is 1.52. The summed E-state index contributed by atoms with van der Waals surface area (Å²) in [6.07, 6.45) is 40.6. The molecule has 1 heteroatoms. The van der Waals surface area contributed by atoms with E-state index >= 15 is 0 Å². The van der Waals surface area contributed by atoms with Crippen molar-refractivity contribution in [1.82, 2.24) is 0 Å². The van der Waals surface area contributed by atoms with E-state index in [1.54, 1.807) is 11.1 Å². The third kappa shape index (κ3) is 7.39. The zero-order valence-corrected chi connectivity index (χ0v) is 32.2. The van der Waals surface area contributed by atoms with Crippen molar-refractivity contribution in [2.24, 2.45) is 23.2 Å². The third-order valence-corrected chi connectivity index (χ3v) is 12.4. The smallest absolute Gasteiger partial charge is 0.0385 e. The zero-order valence-electron chi connectivity index (χ0n) is 32.2. The van der Waals surface area contributed by atoms with Crippen LogP contribution in [0.3, 0.4) is 0 Å². The summed E-state index contributed by atoms with van der Waals surface area (Å²) in [5.74, 6) is 1.52. The van der Waals surface area contributed by atoms with Crippen molar-refractivity contribution in [2.45, 2.75) is 117 Å². The molecule has 3 unspecified atom stereocenters. The molecule has 3 aliphatic carbocycles. The van der Waals surface area contributed by atoms with Gasteiger partial charge in [0.2, 0.25) is 0 Å². The molecule has 0 spiro atoms. The molecule has 1 saturated carbocycles. The van der Waals surface area contributed by atoms with Gasteiger partial charge in [0.05, 0.1) is 0 Å². The summed E-state index contributed by atoms with van der Waals surface area (Å²) in [6, 6.07) is 13.5. The van der Waals surface area contributed by atoms with Crippen LogP contribution in [0.1, 0.15) is 117 Å². The van der Waals surface area contributed by atoms with Gasteiger partial charge in [-0.2, -0.15) is 0 Å². The van der Waals surface area contributed by atoms with Crippen molar-refractivity contribution < 1.29 is 0 Å². The molecule has 3 aliphatic rings. The van der Waals surface area contributed by atoms with Gasteiger partial charge in [-0.25, -0.2) is 0 Å². The summed E-state index contributed by atoms with van der Waals surface area (Å²) < 4.78 is 0. The molecule has 266 valence electrons. The zero-order chi connectivity index (χ0) is 35.6. The Hall–Kier alpha value is -3.58. The molecular weight excluding hydrogens is 603 g/mol. The lowest BCUT2D eigenvalue weighted by atomic mass is 9.61. The summed E-state index contributed by atoms with van der Waals surface area (Å²) >= 11 is 0. The van der Waals surface area contributed by atoms with Gasteiger partial charge in [-0.1, -0.05) is 201 Å². The lowest BCUT2D eigenvalue weighted by molar-refractivity contribution is 0.192. The predicted octanol–water partition coefficient (Wildman–Crippen LogP) is 14.3. The highest BCUT2D eigenvalue weighted by atomic mass is 14.8. The average Bonchev–Trinajstić information content (AvgIpc) is 3.39. The Morgan fingerprint density at radius 2 is 1.54 bits per heavy atom. The van der Waals surface area contributed by atoms with Gasteiger partial charge >= 0.3 is 0 Å². The molecule has 0 heterocycles. The highest BCUT2D eigenvalue weighted by Gasteiger charge is 2.54. The Morgan fingerprint density at radius 1 is 0.840 bits per heavy atom. The molecule has 5 rings (SSSR count). The molecule has 0 aliphatic heterocycles. The molecule has 1 N–H and O–H groups in total. The molecule has 2 aromatic rings. The number of rotatable bonds is 18. The Bertz CT molecular complexity index is 1670. The molecular formula is C49H65N. The normalized spacial score (nSPS) is 22.0. The van der Waals surface area contributed by atoms with E-state index in [9.17, 15) is 0 Å². The van der Waals surface area contributed by atoms with E-state index in [2.05, 4.69) is 150 Å². The van der Waals surface area contributed by atoms with Crippen LogP contribution in [-0.2, 0) is 5.41 Å². The summed E-state index contributed by atoms with van der Waals surface area (Å²) in [5, 5.41) is 6.24. The summed E-state index contributed by atoms with van der Waals surface area (Å²) in [4.78, 5) is 0. The van der Waals surface area contributed by atoms with E-state index in [0.717, 1.165) is 12.8 Å². The maximum Gasteiger partial charge on any atom is 0.0385 e. The highest BCUT2D eigenvalue weighted by molar-refractivity contribution is 5.92. The fraction of sp³-hybridized carbons (Fsp3) is 0.469. The van der Waals surface area contributed by atoms with Crippen LogP contribution in [-0.4, -0.2) is 7.05 Å². The fourth-order valence-electron chi connectivity index (χ4n) is 9.80. The molecule has 50 heavy (non-hydrogen) atoms. The molecule has 0 amide bonds. The Labute approximate surface area is 305 Å². The quantitative estimate of drug-likeness (QED) is 0.156. The second-order valence-electron chi connectivity index (χ2n) is 15.3. The predicted molar refractivity (Wildman–Crippen MR) is 222 cm³/mol. The summed E-state index contributed by atoms with van der Waals surface area (Å²) in [7, 11) is 2.07. The second kappa shape index (κ2) is 17.6. The van der Waals surface area contributed by atoms with Gasteiger partial charge in [0.25, 0.3) is 0 Å². The maximum atomic E-state index is 4.87. The molecule has 0 bridgehead atoms. The first-order chi connectivity index (χ1) is 24.4. The number of unbranched alkanes of at least 4 members (excludes halogenated alkanes) is 4. The van der Waals surface area contributed by atoms with E-state index in [-0.39, 0.29) is 10.8 Å². The highest BCUT2D eigenvalue weighted by Crippen LogP contribution is 2.64. The minimum atomic E-state index is -0.127. The monoisotopic (exact) mass is 668 g/mol. The lowest BCUT2D eigenvalue weighted by Crippen LogP contribution is -2.34. The summed E-state index contributed by atoms with van der Waals surface area (Å²) in [6.45, 7) is 16.7. The van der Waals surface area contributed by atoms with Crippen molar-refractivity contribution in [1.29, 1.82) is 0 Å². The molecule has 0 radical (unpaired) electrons. The standard InChI is InChI=1S/C49H65N/c1-8-12-33-48(34-13-9-2,47-43-27-22-20-25-40(43)30-32-45(47)50-7)37(5)23-17-16-18-28-44-38(6)41-31-29-39-24-19-21-26-42(39)46(41)49(44,35-14-10-3)36-15-11-4/h16-32,38,42,46,50H,5,8-15,33-36H2,1-4,6-7H3/b18-16+,23-17+,44-28+. The second-order valence-corrected chi connectivity index (χ2v) is 15.3. The van der Waals surface area contributed by atoms with Crippen LogP contribution in [0.2, 0.25) is 0 Å². The van der Waals surface area contributed by atoms with E-state index in [0.29, 0.717) is 17.8 Å². The number of allylic oxidation sites excluding steroid dienone is 15. The van der Waals surface area contributed by atoms with Crippen molar-refractivity contribution in [3.8, 4) is 0 Å². The molecule has 0 saturated heterocycles. The molecule has 3 atom stereocenters. The van der Waals surface area contributed by atoms with Crippen molar-refractivity contribution >= 4 is 16.5 Å². The largest absolute Gasteiger partial charge is 0.388 e. The molecule has 0 aromatic heterocycles. The van der Waals surface area contributed by atoms with Crippen LogP contribution in [0.15, 0.2) is 132 Å². The van der Waals surface area contributed by atoms with Crippen molar-refractivity contribution in [2.75, 3.05) is 12.4 Å². The Morgan fingerprint density at radius 3 is 2.22 bits per heavy atom. The minimum Gasteiger partial charge on any atom is -0.388 e. The van der Waals surface area contributed by atoms with Gasteiger partial charge in [-0.15, -0.1) is 0 Å². The molecule has 2 aromatic carbocycles. The van der Waals surface area contributed by atoms with Gasteiger partial charge in [-0.05, 0) is 70.6 Å². The van der Waals surface area contributed by atoms with E-state index in [1.807, 2.05) is 0 Å². The van der Waals surface area contributed by atoms with Crippen molar-refractivity contribution in [3.63, 3.8) is 0 Å². The van der Waals surface area contributed by atoms with Gasteiger partial charge < -0.3 is 5.32 Å². The van der Waals surface area contributed by atoms with Crippen LogP contribution >= 0.6 is 0 Å². The van der Waals surface area contributed by atoms with Crippen molar-refractivity contribution in [3.05, 3.63) is 138 Å². The maximum absolute atomic E-state index is 4.87. The minimum absolute atomic E-state index is 0.127. The van der Waals surface area contributed by atoms with Gasteiger partial charge in [0.15, 0.2) is 0 Å². The number of nitrogens with one attached hydrogen (secondary N) is 1. The first-order valence-electron chi connectivity index (χ1n) is 20.1. The topological polar surface area (TPSA) is 12.0 Å². The molecule has 1 nitrogen and oxygen atoms in total. The average molecular weight is 668 g/mol. The van der Waals surface area contributed by atoms with E-state index in [4.69, 9.17) is 6.58 Å². The van der Waals surface area contributed by atoms with Gasteiger partial charge in [0.1, 0.15) is 0 Å². The SMILES string of the molecule is C=C(/C=C/C=C/C=C1\C(C)C2=CC=C3C=CC=CC3C2C1(CCCC)CCCC)C(CCCC)(CCCC)c1c(NC)ccc2ccccc12. The van der Waals surface area contributed by atoms with E-state index in [1.165, 1.54) is 97.4 Å². The summed E-state index contributed by atoms with van der Waals surface area (Å²) in [5.41, 5.74) is 8.77. The van der Waals surface area contributed by atoms with Gasteiger partial charge in [0, 0.05) is 30.0 Å². The number of hydrogen-bond donors (Lipinski definition) is 1. The van der Waals surface area contributed by atoms with Crippen LogP contribution in [0.4, 0.5) is 5.69 Å². The van der Waals surface area contributed by atoms with Crippen LogP contribution in [0, 0.1) is 23.2 Å². The number of benzene rings is 2. The van der Waals surface area contributed by atoms with Crippen LogP contribution in [0.5, 0.6) is 0 Å². The Kier molecular flexibility index (Phi) is 13.2. The van der Waals surface area contributed by atoms with Crippen LogP contribution < -0.4 is 5.32 Å². The van der Waals surface area contributed by atoms with Gasteiger partial charge in [-0.3, -0.25) is 0 Å². The van der Waals surface area contributed by atoms with Crippen LogP contribution in [0.25, 0.3) is 10.8 Å². The lowest BCUT2D eigenvalue weighted by Gasteiger charge is -2.43. The fourth-order valence-corrected chi connectivity index (χ4v) is 9.80. The number of fused-ring (bicyclic) bond motifs is 4. The first-order valence-corrected chi connectivity index (χ1v) is 20.1. The number of anilines is 1. The van der Waals surface area contributed by atoms with E-state index < -0.39 is 0 Å². The molecule has 1 fully saturated rings. The third-order valence-electron chi connectivity index (χ3n) is 12.4.